The molecule has 0 bridgehead atoms. The molecule has 19 valence electrons. The molecule has 0 rings (SSSR count). The molecule has 0 saturated heterocycles. The Kier molecular flexibility index (Phi) is 87.3. The van der Waals surface area contributed by atoms with Gasteiger partial charge in [0, 0.05) is 18.9 Å². The summed E-state index contributed by atoms with van der Waals surface area (Å²) < 4.78 is 7.88. The van der Waals surface area contributed by atoms with Crippen molar-refractivity contribution in [1.29, 1.82) is 0 Å². The first-order chi connectivity index (χ1) is 1.00. The van der Waals surface area contributed by atoms with Gasteiger partial charge in [-0.2, -0.15) is 0 Å². The predicted octanol–water partition coefficient (Wildman–Crippen LogP) is -3.39. The maximum atomic E-state index is 7.88. The SMILES string of the molecule is [H-].[Li].[Na+].[O]=[Ni]. The van der Waals surface area contributed by atoms with Gasteiger partial charge >= 0.3 is 48.8 Å². The molecule has 0 aromatic carbocycles. The zero-order valence-electron chi connectivity index (χ0n) is 3.72. The maximum absolute atomic E-state index is 7.88. The van der Waals surface area contributed by atoms with Gasteiger partial charge in [0.15, 0.2) is 0 Å². The molecule has 0 aliphatic rings. The summed E-state index contributed by atoms with van der Waals surface area (Å²) in [6, 6.07) is 0. The Morgan fingerprint density at radius 3 is 1.50 bits per heavy atom. The van der Waals surface area contributed by atoms with Gasteiger partial charge in [-0.1, -0.05) is 0 Å². The molecule has 0 aliphatic carbocycles. The zero-order valence-corrected chi connectivity index (χ0v) is 5.71. The third-order valence-electron chi connectivity index (χ3n) is 0. The Bertz CT molecular complexity index is 11.6. The molecular formula is HLiNaNiO. The van der Waals surface area contributed by atoms with E-state index in [-0.39, 0.29) is 49.8 Å². The van der Waals surface area contributed by atoms with Crippen LogP contribution >= 0.6 is 0 Å². The summed E-state index contributed by atoms with van der Waals surface area (Å²) in [4.78, 5) is 0. The molecule has 0 spiro atoms. The number of rotatable bonds is 0. The van der Waals surface area contributed by atoms with Crippen LogP contribution in [0.1, 0.15) is 1.43 Å². The Labute approximate surface area is 68.4 Å². The summed E-state index contributed by atoms with van der Waals surface area (Å²) in [5.74, 6) is 0. The summed E-state index contributed by atoms with van der Waals surface area (Å²) in [7, 11) is 0. The van der Waals surface area contributed by atoms with Gasteiger partial charge in [-0.15, -0.1) is 0 Å². The third kappa shape index (κ3) is 9.09. The van der Waals surface area contributed by atoms with Crippen molar-refractivity contribution < 1.29 is 50.3 Å². The van der Waals surface area contributed by atoms with Gasteiger partial charge < -0.3 is 1.43 Å². The second-order valence-electron chi connectivity index (χ2n) is 0. The van der Waals surface area contributed by atoms with Crippen molar-refractivity contribution in [2.75, 3.05) is 0 Å². The fourth-order valence-corrected chi connectivity index (χ4v) is 0. The average Bonchev–Trinajstić information content (AvgIpc) is 1.00. The van der Waals surface area contributed by atoms with Crippen molar-refractivity contribution in [3.63, 3.8) is 0 Å². The average molecular weight is 106 g/mol. The van der Waals surface area contributed by atoms with Crippen LogP contribution in [0.15, 0.2) is 0 Å². The minimum atomic E-state index is 0. The molecule has 1 radical (unpaired) electrons. The fraction of sp³-hybridized carbons (Fsp3) is 0. The molecule has 0 aliphatic heterocycles. The fourth-order valence-electron chi connectivity index (χ4n) is 0. The predicted molar refractivity (Wildman–Crippen MR) is 7.55 cm³/mol. The Morgan fingerprint density at radius 2 is 1.50 bits per heavy atom. The van der Waals surface area contributed by atoms with Crippen LogP contribution in [0.25, 0.3) is 0 Å². The van der Waals surface area contributed by atoms with Crippen LogP contribution in [-0.4, -0.2) is 18.9 Å². The second-order valence-corrected chi connectivity index (χ2v) is 0. The van der Waals surface area contributed by atoms with Crippen LogP contribution in [0.5, 0.6) is 0 Å². The minimum absolute atomic E-state index is 0. The van der Waals surface area contributed by atoms with E-state index in [4.69, 9.17) is 3.90 Å². The second kappa shape index (κ2) is 20.7. The van der Waals surface area contributed by atoms with Crippen molar-refractivity contribution in [1.82, 2.24) is 0 Å². The van der Waals surface area contributed by atoms with E-state index < -0.39 is 0 Å². The molecule has 4 heavy (non-hydrogen) atoms. The molecule has 0 amide bonds. The molecule has 0 atom stereocenters. The van der Waals surface area contributed by atoms with E-state index in [0.717, 1.165) is 0 Å². The molecule has 0 aromatic heterocycles. The van der Waals surface area contributed by atoms with Crippen LogP contribution in [0.2, 0.25) is 0 Å². The molecule has 0 fully saturated rings. The monoisotopic (exact) mass is 105 g/mol. The van der Waals surface area contributed by atoms with Gasteiger partial charge in [0.2, 0.25) is 0 Å². The molecule has 0 heterocycles. The van der Waals surface area contributed by atoms with E-state index in [9.17, 15) is 0 Å². The summed E-state index contributed by atoms with van der Waals surface area (Å²) in [6.45, 7) is 0. The molecule has 0 N–H and O–H groups in total. The molecular weight excluding hydrogens is 105 g/mol. The van der Waals surface area contributed by atoms with Crippen molar-refractivity contribution in [2.24, 2.45) is 0 Å². The quantitative estimate of drug-likeness (QED) is 0.294. The number of hydrogen-bond donors (Lipinski definition) is 0. The van der Waals surface area contributed by atoms with Crippen molar-refractivity contribution in [3.8, 4) is 0 Å². The van der Waals surface area contributed by atoms with Crippen LogP contribution < -0.4 is 29.6 Å². The summed E-state index contributed by atoms with van der Waals surface area (Å²) in [5, 5.41) is 0. The van der Waals surface area contributed by atoms with E-state index in [0.29, 0.717) is 0 Å². The van der Waals surface area contributed by atoms with Gasteiger partial charge in [-0.3, -0.25) is 0 Å². The third-order valence-corrected chi connectivity index (χ3v) is 0. The van der Waals surface area contributed by atoms with E-state index in [1.54, 1.807) is 0 Å². The van der Waals surface area contributed by atoms with Crippen LogP contribution in [0, 0.1) is 0 Å². The van der Waals surface area contributed by atoms with Gasteiger partial charge in [0.05, 0.1) is 0 Å². The standard InChI is InChI=1S/Li.Na.Ni.O.H/q;+1;;;-1. The molecule has 0 unspecified atom stereocenters. The van der Waals surface area contributed by atoms with E-state index >= 15 is 0 Å². The summed E-state index contributed by atoms with van der Waals surface area (Å²) in [6.07, 6.45) is 0. The van der Waals surface area contributed by atoms with Gasteiger partial charge in [0.25, 0.3) is 0 Å². The summed E-state index contributed by atoms with van der Waals surface area (Å²) in [5.41, 5.74) is 0. The first kappa shape index (κ1) is 16.9. The van der Waals surface area contributed by atoms with Crippen LogP contribution in [0.4, 0.5) is 0 Å². The molecule has 0 saturated carbocycles. The molecule has 1 nitrogen and oxygen atoms in total. The normalized spacial score (nSPS) is 1.50. The Hall–Kier alpha value is 1.89. The van der Waals surface area contributed by atoms with Crippen molar-refractivity contribution in [2.45, 2.75) is 0 Å². The van der Waals surface area contributed by atoms with E-state index in [1.807, 2.05) is 0 Å². The first-order valence-corrected chi connectivity index (χ1v) is 0.532. The zero-order chi connectivity index (χ0) is 2.00. The number of hydrogen-bond acceptors (Lipinski definition) is 1. The van der Waals surface area contributed by atoms with E-state index in [1.165, 1.54) is 0 Å². The molecule has 4 heteroatoms. The van der Waals surface area contributed by atoms with Crippen LogP contribution in [-0.2, 0) is 19.3 Å². The van der Waals surface area contributed by atoms with Crippen LogP contribution in [0.3, 0.4) is 0 Å². The van der Waals surface area contributed by atoms with Gasteiger partial charge in [-0.25, -0.2) is 0 Å². The van der Waals surface area contributed by atoms with Crippen molar-refractivity contribution in [3.05, 3.63) is 0 Å². The van der Waals surface area contributed by atoms with Gasteiger partial charge in [0.1, 0.15) is 0 Å². The van der Waals surface area contributed by atoms with Gasteiger partial charge in [-0.05, 0) is 0 Å². The Balaban J connectivity index is -0.00000000167. The van der Waals surface area contributed by atoms with E-state index in [2.05, 4.69) is 15.4 Å². The first-order valence-electron chi connectivity index (χ1n) is 0.129. The van der Waals surface area contributed by atoms with Crippen molar-refractivity contribution >= 4 is 18.9 Å². The molecule has 0 aromatic rings. The Morgan fingerprint density at radius 1 is 1.50 bits per heavy atom. The summed E-state index contributed by atoms with van der Waals surface area (Å²) >= 11 is 2.62. The topological polar surface area (TPSA) is 17.1 Å².